The van der Waals surface area contributed by atoms with E-state index in [9.17, 15) is 8.42 Å². The molecule has 1 N–H and O–H groups in total. The van der Waals surface area contributed by atoms with Crippen LogP contribution in [0.1, 0.15) is 12.5 Å². The first kappa shape index (κ1) is 18.1. The second-order valence-electron chi connectivity index (χ2n) is 4.47. The zero-order valence-corrected chi connectivity index (χ0v) is 15.1. The standard InChI is InChI=1S/C15H18N2O5S2/c1-4-22-15-12(20-2)8-11(9-13(15)21-3)10-16-17-24(18,19)14-6-5-7-23-14/h5-10,17H,4H2,1-3H3/b16-10+. The molecule has 2 rings (SSSR count). The van der Waals surface area contributed by atoms with E-state index in [1.807, 2.05) is 6.92 Å². The minimum absolute atomic E-state index is 0.196. The Morgan fingerprint density at radius 2 is 1.92 bits per heavy atom. The van der Waals surface area contributed by atoms with Gasteiger partial charge in [-0.3, -0.25) is 0 Å². The number of sulfonamides is 1. The van der Waals surface area contributed by atoms with Gasteiger partial charge in [0, 0.05) is 5.56 Å². The van der Waals surface area contributed by atoms with Crippen molar-refractivity contribution in [2.75, 3.05) is 20.8 Å². The highest BCUT2D eigenvalue weighted by Gasteiger charge is 2.15. The molecule has 1 aromatic carbocycles. The van der Waals surface area contributed by atoms with Crippen LogP contribution in [0.4, 0.5) is 0 Å². The largest absolute Gasteiger partial charge is 0.493 e. The lowest BCUT2D eigenvalue weighted by Crippen LogP contribution is -2.17. The Balaban J connectivity index is 2.23. The van der Waals surface area contributed by atoms with Crippen LogP contribution >= 0.6 is 11.3 Å². The smallest absolute Gasteiger partial charge is 0.286 e. The zero-order valence-electron chi connectivity index (χ0n) is 13.5. The summed E-state index contributed by atoms with van der Waals surface area (Å²) in [6.45, 7) is 2.31. The third kappa shape index (κ3) is 4.18. The zero-order chi connectivity index (χ0) is 17.6. The molecule has 9 heteroatoms. The molecular weight excluding hydrogens is 352 g/mol. The quantitative estimate of drug-likeness (QED) is 0.570. The molecule has 130 valence electrons. The summed E-state index contributed by atoms with van der Waals surface area (Å²) < 4.78 is 40.2. The van der Waals surface area contributed by atoms with Crippen LogP contribution in [0.25, 0.3) is 0 Å². The van der Waals surface area contributed by atoms with E-state index in [4.69, 9.17) is 14.2 Å². The van der Waals surface area contributed by atoms with Crippen LogP contribution < -0.4 is 19.0 Å². The molecule has 0 unspecified atom stereocenters. The number of methoxy groups -OCH3 is 2. The number of hydrogen-bond donors (Lipinski definition) is 1. The molecule has 24 heavy (non-hydrogen) atoms. The van der Waals surface area contributed by atoms with Crippen LogP contribution in [0, 0.1) is 0 Å². The van der Waals surface area contributed by atoms with Gasteiger partial charge in [0.1, 0.15) is 4.21 Å². The van der Waals surface area contributed by atoms with Gasteiger partial charge in [-0.05, 0) is 30.5 Å². The van der Waals surface area contributed by atoms with Gasteiger partial charge in [-0.1, -0.05) is 6.07 Å². The monoisotopic (exact) mass is 370 g/mol. The summed E-state index contributed by atoms with van der Waals surface area (Å²) in [6.07, 6.45) is 1.37. The van der Waals surface area contributed by atoms with Gasteiger partial charge in [-0.15, -0.1) is 11.3 Å². The summed E-state index contributed by atoms with van der Waals surface area (Å²) in [5.74, 6) is 1.43. The first-order chi connectivity index (χ1) is 11.5. The topological polar surface area (TPSA) is 86.2 Å². The number of hydrazone groups is 1. The molecule has 0 radical (unpaired) electrons. The Bertz CT molecular complexity index is 776. The fraction of sp³-hybridized carbons (Fsp3) is 0.267. The molecule has 7 nitrogen and oxygen atoms in total. The van der Waals surface area contributed by atoms with E-state index < -0.39 is 10.0 Å². The van der Waals surface area contributed by atoms with Crippen molar-refractivity contribution in [3.8, 4) is 17.2 Å². The minimum Gasteiger partial charge on any atom is -0.493 e. The van der Waals surface area contributed by atoms with E-state index in [0.717, 1.165) is 11.3 Å². The molecule has 0 fully saturated rings. The van der Waals surface area contributed by atoms with Gasteiger partial charge in [-0.2, -0.15) is 18.4 Å². The van der Waals surface area contributed by atoms with Crippen molar-refractivity contribution in [3.05, 3.63) is 35.2 Å². The van der Waals surface area contributed by atoms with Crippen molar-refractivity contribution in [1.29, 1.82) is 0 Å². The maximum atomic E-state index is 12.0. The highest BCUT2D eigenvalue weighted by atomic mass is 32.2. The SMILES string of the molecule is CCOc1c(OC)cc(/C=N/NS(=O)(=O)c2cccs2)cc1OC. The normalized spacial score (nSPS) is 11.5. The van der Waals surface area contributed by atoms with Crippen molar-refractivity contribution in [3.63, 3.8) is 0 Å². The van der Waals surface area contributed by atoms with Gasteiger partial charge < -0.3 is 14.2 Å². The van der Waals surface area contributed by atoms with E-state index in [2.05, 4.69) is 9.93 Å². The van der Waals surface area contributed by atoms with Crippen molar-refractivity contribution in [1.82, 2.24) is 4.83 Å². The average molecular weight is 370 g/mol. The molecule has 0 saturated carbocycles. The Morgan fingerprint density at radius 3 is 2.42 bits per heavy atom. The summed E-state index contributed by atoms with van der Waals surface area (Å²) in [7, 11) is -0.629. The number of hydrogen-bond acceptors (Lipinski definition) is 7. The lowest BCUT2D eigenvalue weighted by Gasteiger charge is -2.14. The molecule has 2 aromatic rings. The number of thiophene rings is 1. The lowest BCUT2D eigenvalue weighted by molar-refractivity contribution is 0.288. The molecule has 1 heterocycles. The van der Waals surface area contributed by atoms with Crippen LogP contribution in [-0.4, -0.2) is 35.5 Å². The Morgan fingerprint density at radius 1 is 1.25 bits per heavy atom. The molecule has 0 atom stereocenters. The van der Waals surface area contributed by atoms with Gasteiger partial charge >= 0.3 is 0 Å². The molecule has 0 amide bonds. The van der Waals surface area contributed by atoms with Gasteiger partial charge in [0.2, 0.25) is 5.75 Å². The molecule has 0 bridgehead atoms. The summed E-state index contributed by atoms with van der Waals surface area (Å²) in [4.78, 5) is 2.16. The van der Waals surface area contributed by atoms with Gasteiger partial charge in [-0.25, -0.2) is 0 Å². The number of benzene rings is 1. The van der Waals surface area contributed by atoms with Crippen molar-refractivity contribution < 1.29 is 22.6 Å². The summed E-state index contributed by atoms with van der Waals surface area (Å²) in [5, 5.41) is 5.47. The lowest BCUT2D eigenvalue weighted by atomic mass is 10.2. The number of rotatable bonds is 8. The maximum Gasteiger partial charge on any atom is 0.286 e. The van der Waals surface area contributed by atoms with Gasteiger partial charge in [0.15, 0.2) is 11.5 Å². The third-order valence-electron chi connectivity index (χ3n) is 2.92. The molecule has 0 aliphatic carbocycles. The predicted molar refractivity (Wildman–Crippen MR) is 92.9 cm³/mol. The molecule has 0 aliphatic rings. The highest BCUT2D eigenvalue weighted by Crippen LogP contribution is 2.38. The Labute approximate surface area is 144 Å². The minimum atomic E-state index is -3.65. The Kier molecular flexibility index (Phi) is 6.04. The maximum absolute atomic E-state index is 12.0. The molecular formula is C15H18N2O5S2. The van der Waals surface area contributed by atoms with Crippen LogP contribution in [0.3, 0.4) is 0 Å². The van der Waals surface area contributed by atoms with Gasteiger partial charge in [0.05, 0.1) is 27.0 Å². The molecule has 0 saturated heterocycles. The van der Waals surface area contributed by atoms with Crippen molar-refractivity contribution >= 4 is 27.6 Å². The van der Waals surface area contributed by atoms with E-state index in [-0.39, 0.29) is 4.21 Å². The first-order valence-electron chi connectivity index (χ1n) is 6.99. The molecule has 0 aliphatic heterocycles. The fourth-order valence-corrected chi connectivity index (χ4v) is 3.67. The third-order valence-corrected chi connectivity index (χ3v) is 5.54. The summed E-state index contributed by atoms with van der Waals surface area (Å²) >= 11 is 1.11. The van der Waals surface area contributed by atoms with Gasteiger partial charge in [0.25, 0.3) is 10.0 Å². The van der Waals surface area contributed by atoms with Crippen molar-refractivity contribution in [2.45, 2.75) is 11.1 Å². The predicted octanol–water partition coefficient (Wildman–Crippen LogP) is 2.48. The first-order valence-corrected chi connectivity index (χ1v) is 9.35. The van der Waals surface area contributed by atoms with Crippen molar-refractivity contribution in [2.24, 2.45) is 5.10 Å². The summed E-state index contributed by atoms with van der Waals surface area (Å²) in [5.41, 5.74) is 0.598. The average Bonchev–Trinajstić information content (AvgIpc) is 3.11. The van der Waals surface area contributed by atoms with E-state index >= 15 is 0 Å². The van der Waals surface area contributed by atoms with E-state index in [1.165, 1.54) is 26.5 Å². The summed E-state index contributed by atoms with van der Waals surface area (Å²) in [6, 6.07) is 6.52. The second-order valence-corrected chi connectivity index (χ2v) is 7.31. The highest BCUT2D eigenvalue weighted by molar-refractivity contribution is 7.91. The van der Waals surface area contributed by atoms with E-state index in [1.54, 1.807) is 23.6 Å². The second kappa shape index (κ2) is 8.02. The van der Waals surface area contributed by atoms with Crippen LogP contribution in [0.5, 0.6) is 17.2 Å². The Hall–Kier alpha value is -2.26. The molecule has 1 aromatic heterocycles. The van der Waals surface area contributed by atoms with Crippen LogP contribution in [-0.2, 0) is 10.0 Å². The fourth-order valence-electron chi connectivity index (χ4n) is 1.89. The van der Waals surface area contributed by atoms with Crippen LogP contribution in [0.15, 0.2) is 39.0 Å². The number of nitrogens with one attached hydrogen (secondary N) is 1. The molecule has 0 spiro atoms. The number of ether oxygens (including phenoxy) is 3. The van der Waals surface area contributed by atoms with Crippen LogP contribution in [0.2, 0.25) is 0 Å². The van der Waals surface area contributed by atoms with E-state index in [0.29, 0.717) is 29.4 Å². The number of nitrogens with zero attached hydrogens (tertiary/aromatic N) is 1.